The van der Waals surface area contributed by atoms with E-state index < -0.39 is 0 Å². The minimum Gasteiger partial charge on any atom is -0.459 e. The Morgan fingerprint density at radius 1 is 1.17 bits per heavy atom. The quantitative estimate of drug-likeness (QED) is 0.865. The third-order valence-corrected chi connectivity index (χ3v) is 4.26. The third-order valence-electron chi connectivity index (χ3n) is 4.26. The SMILES string of the molecule is CNC(C)c1oc2cc3c(cc2c1C)CCCC3. The van der Waals surface area contributed by atoms with E-state index in [2.05, 4.69) is 31.3 Å². The lowest BCUT2D eigenvalue weighted by Gasteiger charge is -2.14. The van der Waals surface area contributed by atoms with Crippen molar-refractivity contribution in [1.29, 1.82) is 0 Å². The Morgan fingerprint density at radius 3 is 2.50 bits per heavy atom. The maximum atomic E-state index is 6.06. The number of furan rings is 1. The van der Waals surface area contributed by atoms with Gasteiger partial charge in [0.2, 0.25) is 0 Å². The van der Waals surface area contributed by atoms with E-state index in [1.807, 2.05) is 7.05 Å². The Bertz CT molecular complexity index is 582. The average Bonchev–Trinajstić information content (AvgIpc) is 2.72. The fourth-order valence-electron chi connectivity index (χ4n) is 3.01. The molecule has 0 aliphatic heterocycles. The topological polar surface area (TPSA) is 25.2 Å². The van der Waals surface area contributed by atoms with Crippen molar-refractivity contribution >= 4 is 11.0 Å². The van der Waals surface area contributed by atoms with Crippen LogP contribution in [0.1, 0.15) is 48.3 Å². The molecule has 18 heavy (non-hydrogen) atoms. The molecule has 96 valence electrons. The van der Waals surface area contributed by atoms with Crippen LogP contribution in [0.3, 0.4) is 0 Å². The maximum absolute atomic E-state index is 6.06. The fourth-order valence-corrected chi connectivity index (χ4v) is 3.01. The molecule has 0 saturated heterocycles. The van der Waals surface area contributed by atoms with E-state index in [-0.39, 0.29) is 6.04 Å². The van der Waals surface area contributed by atoms with Crippen LogP contribution in [0.2, 0.25) is 0 Å². The van der Waals surface area contributed by atoms with Crippen molar-refractivity contribution < 1.29 is 4.42 Å². The standard InChI is InChI=1S/C16H21NO/c1-10-14-8-12-6-4-5-7-13(12)9-15(14)18-16(10)11(2)17-3/h8-9,11,17H,4-7H2,1-3H3. The number of hydrogen-bond acceptors (Lipinski definition) is 2. The van der Waals surface area contributed by atoms with Crippen molar-refractivity contribution in [3.05, 3.63) is 34.6 Å². The number of nitrogens with one attached hydrogen (secondary N) is 1. The molecule has 2 heteroatoms. The van der Waals surface area contributed by atoms with Crippen LogP contribution in [-0.2, 0) is 12.8 Å². The van der Waals surface area contributed by atoms with E-state index in [0.29, 0.717) is 0 Å². The Morgan fingerprint density at radius 2 is 1.83 bits per heavy atom. The normalized spacial score (nSPS) is 16.8. The number of hydrogen-bond donors (Lipinski definition) is 1. The summed E-state index contributed by atoms with van der Waals surface area (Å²) in [6, 6.07) is 4.89. The predicted molar refractivity (Wildman–Crippen MR) is 75.1 cm³/mol. The summed E-state index contributed by atoms with van der Waals surface area (Å²) in [4.78, 5) is 0. The zero-order chi connectivity index (χ0) is 12.7. The van der Waals surface area contributed by atoms with Gasteiger partial charge < -0.3 is 9.73 Å². The zero-order valence-corrected chi connectivity index (χ0v) is 11.5. The second-order valence-corrected chi connectivity index (χ2v) is 5.43. The van der Waals surface area contributed by atoms with Crippen LogP contribution in [0.15, 0.2) is 16.5 Å². The van der Waals surface area contributed by atoms with Crippen molar-refractivity contribution in [2.24, 2.45) is 0 Å². The molecule has 0 radical (unpaired) electrons. The van der Waals surface area contributed by atoms with E-state index in [4.69, 9.17) is 4.42 Å². The first-order valence-corrected chi connectivity index (χ1v) is 6.92. The molecule has 1 atom stereocenters. The van der Waals surface area contributed by atoms with Gasteiger partial charge in [-0.15, -0.1) is 0 Å². The van der Waals surface area contributed by atoms with Gasteiger partial charge in [0.1, 0.15) is 11.3 Å². The molecule has 1 aliphatic rings. The maximum Gasteiger partial charge on any atom is 0.134 e. The number of aryl methyl sites for hydroxylation is 3. The Kier molecular flexibility index (Phi) is 2.90. The van der Waals surface area contributed by atoms with E-state index in [0.717, 1.165) is 11.3 Å². The second-order valence-electron chi connectivity index (χ2n) is 5.43. The molecule has 0 fully saturated rings. The lowest BCUT2D eigenvalue weighted by Crippen LogP contribution is -2.12. The van der Waals surface area contributed by atoms with Crippen LogP contribution in [0.25, 0.3) is 11.0 Å². The highest BCUT2D eigenvalue weighted by Crippen LogP contribution is 2.33. The molecule has 3 rings (SSSR count). The van der Waals surface area contributed by atoms with Crippen molar-refractivity contribution in [2.75, 3.05) is 7.05 Å². The molecule has 0 saturated carbocycles. The van der Waals surface area contributed by atoms with Crippen molar-refractivity contribution in [1.82, 2.24) is 5.32 Å². The van der Waals surface area contributed by atoms with Crippen LogP contribution in [0, 0.1) is 6.92 Å². The first-order chi connectivity index (χ1) is 8.70. The smallest absolute Gasteiger partial charge is 0.134 e. The van der Waals surface area contributed by atoms with Gasteiger partial charge in [0.25, 0.3) is 0 Å². The summed E-state index contributed by atoms with van der Waals surface area (Å²) in [6.45, 7) is 4.31. The van der Waals surface area contributed by atoms with E-state index in [9.17, 15) is 0 Å². The van der Waals surface area contributed by atoms with Gasteiger partial charge in [-0.2, -0.15) is 0 Å². The zero-order valence-electron chi connectivity index (χ0n) is 11.5. The van der Waals surface area contributed by atoms with Gasteiger partial charge in [-0.25, -0.2) is 0 Å². The van der Waals surface area contributed by atoms with Crippen LogP contribution >= 0.6 is 0 Å². The molecule has 1 aromatic heterocycles. The van der Waals surface area contributed by atoms with Gasteiger partial charge in [0, 0.05) is 5.39 Å². The second kappa shape index (κ2) is 4.43. The van der Waals surface area contributed by atoms with Crippen molar-refractivity contribution in [3.8, 4) is 0 Å². The first-order valence-electron chi connectivity index (χ1n) is 6.92. The molecule has 2 nitrogen and oxygen atoms in total. The van der Waals surface area contributed by atoms with Gasteiger partial charge in [-0.05, 0) is 75.4 Å². The number of rotatable bonds is 2. The molecule has 1 heterocycles. The molecule has 1 N–H and O–H groups in total. The van der Waals surface area contributed by atoms with Gasteiger partial charge >= 0.3 is 0 Å². The Labute approximate surface area is 108 Å². The molecule has 0 spiro atoms. The highest BCUT2D eigenvalue weighted by molar-refractivity contribution is 5.84. The third kappa shape index (κ3) is 1.76. The summed E-state index contributed by atoms with van der Waals surface area (Å²) in [5, 5.41) is 4.56. The lowest BCUT2D eigenvalue weighted by molar-refractivity contribution is 0.471. The van der Waals surface area contributed by atoms with Gasteiger partial charge in [-0.3, -0.25) is 0 Å². The minimum atomic E-state index is 0.273. The van der Waals surface area contributed by atoms with Gasteiger partial charge in [0.05, 0.1) is 6.04 Å². The highest BCUT2D eigenvalue weighted by atomic mass is 16.3. The predicted octanol–water partition coefficient (Wildman–Crippen LogP) is 3.90. The van der Waals surface area contributed by atoms with Crippen molar-refractivity contribution in [2.45, 2.75) is 45.6 Å². The van der Waals surface area contributed by atoms with E-state index in [1.54, 1.807) is 0 Å². The summed E-state index contributed by atoms with van der Waals surface area (Å²) >= 11 is 0. The first kappa shape index (κ1) is 11.8. The molecular weight excluding hydrogens is 222 g/mol. The van der Waals surface area contributed by atoms with Crippen LogP contribution in [0.5, 0.6) is 0 Å². The van der Waals surface area contributed by atoms with Gasteiger partial charge in [-0.1, -0.05) is 0 Å². The summed E-state index contributed by atoms with van der Waals surface area (Å²) in [5.41, 5.74) is 5.37. The summed E-state index contributed by atoms with van der Waals surface area (Å²) in [6.07, 6.45) is 5.09. The van der Waals surface area contributed by atoms with Crippen LogP contribution < -0.4 is 5.32 Å². The minimum absolute atomic E-state index is 0.273. The summed E-state index contributed by atoms with van der Waals surface area (Å²) in [5.74, 6) is 1.08. The molecule has 0 amide bonds. The van der Waals surface area contributed by atoms with E-state index >= 15 is 0 Å². The lowest BCUT2D eigenvalue weighted by atomic mass is 9.90. The average molecular weight is 243 g/mol. The molecule has 2 aromatic rings. The summed E-state index contributed by atoms with van der Waals surface area (Å²) < 4.78 is 6.06. The summed E-state index contributed by atoms with van der Waals surface area (Å²) in [7, 11) is 1.97. The Hall–Kier alpha value is -1.28. The molecular formula is C16H21NO. The van der Waals surface area contributed by atoms with Crippen LogP contribution in [0.4, 0.5) is 0 Å². The molecule has 1 aliphatic carbocycles. The monoisotopic (exact) mass is 243 g/mol. The largest absolute Gasteiger partial charge is 0.459 e. The Balaban J connectivity index is 2.18. The fraction of sp³-hybridized carbons (Fsp3) is 0.500. The molecule has 1 unspecified atom stereocenters. The van der Waals surface area contributed by atoms with E-state index in [1.165, 1.54) is 47.8 Å². The highest BCUT2D eigenvalue weighted by Gasteiger charge is 2.18. The molecule has 1 aromatic carbocycles. The number of benzene rings is 1. The van der Waals surface area contributed by atoms with Crippen molar-refractivity contribution in [3.63, 3.8) is 0 Å². The number of fused-ring (bicyclic) bond motifs is 2. The van der Waals surface area contributed by atoms with Crippen LogP contribution in [-0.4, -0.2) is 7.05 Å². The molecule has 0 bridgehead atoms. The van der Waals surface area contributed by atoms with Gasteiger partial charge in [0.15, 0.2) is 0 Å².